The number of nitrogens with one attached hydrogen (secondary N) is 2. The van der Waals surface area contributed by atoms with E-state index in [0.29, 0.717) is 12.1 Å². The molecule has 9 heteroatoms. The van der Waals surface area contributed by atoms with E-state index in [-0.39, 0.29) is 17.3 Å². The number of aromatic amines is 1. The van der Waals surface area contributed by atoms with Gasteiger partial charge in [-0.05, 0) is 48.7 Å². The predicted octanol–water partition coefficient (Wildman–Crippen LogP) is 2.29. The topological polar surface area (TPSA) is 116 Å². The van der Waals surface area contributed by atoms with Crippen molar-refractivity contribution in [2.24, 2.45) is 0 Å². The summed E-state index contributed by atoms with van der Waals surface area (Å²) in [6.45, 7) is 8.32. The van der Waals surface area contributed by atoms with E-state index in [1.165, 1.54) is 5.69 Å². The molecular formula is C23H28N8O. The van der Waals surface area contributed by atoms with E-state index in [1.807, 2.05) is 12.1 Å². The second kappa shape index (κ2) is 7.59. The highest BCUT2D eigenvalue weighted by atomic mass is 16.2. The molecular weight excluding hydrogens is 404 g/mol. The first-order valence-corrected chi connectivity index (χ1v) is 10.9. The van der Waals surface area contributed by atoms with Crippen LogP contribution in [0.5, 0.6) is 0 Å². The predicted molar refractivity (Wildman–Crippen MR) is 125 cm³/mol. The number of amides is 1. The van der Waals surface area contributed by atoms with Gasteiger partial charge in [-0.1, -0.05) is 13.8 Å². The molecule has 1 fully saturated rings. The molecule has 0 radical (unpaired) electrons. The first-order chi connectivity index (χ1) is 15.3. The Morgan fingerprint density at radius 2 is 1.88 bits per heavy atom. The number of nitrogens with zero attached hydrogens (tertiary/aromatic N) is 5. The fourth-order valence-corrected chi connectivity index (χ4v) is 4.68. The van der Waals surface area contributed by atoms with E-state index < -0.39 is 0 Å². The molecule has 1 amide bonds. The quantitative estimate of drug-likeness (QED) is 0.581. The molecule has 32 heavy (non-hydrogen) atoms. The van der Waals surface area contributed by atoms with Gasteiger partial charge in [0, 0.05) is 49.3 Å². The zero-order valence-corrected chi connectivity index (χ0v) is 18.6. The van der Waals surface area contributed by atoms with Crippen molar-refractivity contribution >= 4 is 23.2 Å². The maximum atomic E-state index is 13.2. The van der Waals surface area contributed by atoms with Gasteiger partial charge in [-0.15, -0.1) is 0 Å². The molecule has 2 aromatic heterocycles. The van der Waals surface area contributed by atoms with E-state index in [2.05, 4.69) is 68.3 Å². The van der Waals surface area contributed by atoms with Crippen molar-refractivity contribution in [2.45, 2.75) is 25.7 Å². The van der Waals surface area contributed by atoms with Gasteiger partial charge in [0.25, 0.3) is 5.91 Å². The van der Waals surface area contributed by atoms with Crippen LogP contribution >= 0.6 is 0 Å². The number of hydrogen-bond donors (Lipinski definition) is 3. The van der Waals surface area contributed by atoms with Crippen LogP contribution in [-0.4, -0.2) is 64.2 Å². The van der Waals surface area contributed by atoms with Crippen molar-refractivity contribution in [3.63, 3.8) is 0 Å². The number of H-pyrrole nitrogens is 1. The fraction of sp³-hybridized carbons (Fsp3) is 0.391. The number of nitrogens with two attached hydrogens (primary N) is 1. The number of fused-ring (bicyclic) bond motifs is 3. The molecule has 9 nitrogen and oxygen atoms in total. The highest BCUT2D eigenvalue weighted by Crippen LogP contribution is 2.42. The Morgan fingerprint density at radius 3 is 2.59 bits per heavy atom. The Hall–Kier alpha value is -3.46. The highest BCUT2D eigenvalue weighted by molar-refractivity contribution is 6.05. The number of benzene rings is 1. The lowest BCUT2D eigenvalue weighted by molar-refractivity contribution is 0.102. The SMILES string of the molecule is CN1CCN(c2ccc(NC(=O)c3n[nH]c4c3C(C)(C)Cc3cnc(N)nc3-4)cc2)CC1. The Bertz CT molecular complexity index is 1160. The standard InChI is InChI=1S/C23H28N8O/c1-23(2)12-14-13-25-22(24)27-18(14)19-17(23)20(29-28-19)21(32)26-15-4-6-16(7-5-15)31-10-8-30(3)9-11-31/h4-7,13H,8-12H2,1-3H3,(H,26,32)(H,28,29)(H2,24,25,27). The molecule has 0 unspecified atom stereocenters. The summed E-state index contributed by atoms with van der Waals surface area (Å²) in [5.74, 6) is -0.0381. The van der Waals surface area contributed by atoms with Crippen molar-refractivity contribution in [3.8, 4) is 11.4 Å². The van der Waals surface area contributed by atoms with E-state index in [9.17, 15) is 4.79 Å². The Morgan fingerprint density at radius 1 is 1.16 bits per heavy atom. The van der Waals surface area contributed by atoms with E-state index in [1.54, 1.807) is 6.20 Å². The molecule has 0 bridgehead atoms. The lowest BCUT2D eigenvalue weighted by Crippen LogP contribution is -2.44. The third-order valence-electron chi connectivity index (χ3n) is 6.40. The number of likely N-dealkylation sites (N-methyl/N-ethyl adjacent to an activating group) is 1. The minimum atomic E-state index is -0.299. The van der Waals surface area contributed by atoms with E-state index in [0.717, 1.165) is 54.4 Å². The van der Waals surface area contributed by atoms with Crippen LogP contribution in [0, 0.1) is 0 Å². The van der Waals surface area contributed by atoms with Crippen molar-refractivity contribution in [1.82, 2.24) is 25.1 Å². The van der Waals surface area contributed by atoms with Gasteiger partial charge >= 0.3 is 0 Å². The minimum absolute atomic E-state index is 0.204. The fourth-order valence-electron chi connectivity index (χ4n) is 4.68. The highest BCUT2D eigenvalue weighted by Gasteiger charge is 2.38. The first kappa shape index (κ1) is 20.4. The Balaban J connectivity index is 1.38. The number of carbonyl (C=O) groups excluding carboxylic acids is 1. The normalized spacial score (nSPS) is 17.5. The zero-order chi connectivity index (χ0) is 22.5. The van der Waals surface area contributed by atoms with Gasteiger partial charge in [-0.2, -0.15) is 5.10 Å². The molecule has 3 aromatic rings. The van der Waals surface area contributed by atoms with Crippen molar-refractivity contribution in [2.75, 3.05) is 49.2 Å². The maximum Gasteiger partial charge on any atom is 0.276 e. The molecule has 2 aliphatic rings. The summed E-state index contributed by atoms with van der Waals surface area (Å²) in [5.41, 5.74) is 11.1. The smallest absolute Gasteiger partial charge is 0.276 e. The molecule has 1 aliphatic heterocycles. The second-order valence-electron chi connectivity index (χ2n) is 9.28. The summed E-state index contributed by atoms with van der Waals surface area (Å²) in [6.07, 6.45) is 2.46. The number of hydrogen-bond acceptors (Lipinski definition) is 7. The number of anilines is 3. The molecule has 0 atom stereocenters. The molecule has 0 saturated carbocycles. The zero-order valence-electron chi connectivity index (χ0n) is 18.6. The average molecular weight is 433 g/mol. The summed E-state index contributed by atoms with van der Waals surface area (Å²) in [7, 11) is 2.14. The van der Waals surface area contributed by atoms with Crippen LogP contribution in [-0.2, 0) is 11.8 Å². The molecule has 0 spiro atoms. The maximum absolute atomic E-state index is 13.2. The van der Waals surface area contributed by atoms with E-state index in [4.69, 9.17) is 5.73 Å². The minimum Gasteiger partial charge on any atom is -0.369 e. The van der Waals surface area contributed by atoms with Crippen LogP contribution in [0.4, 0.5) is 17.3 Å². The van der Waals surface area contributed by atoms with Crippen LogP contribution in [0.3, 0.4) is 0 Å². The van der Waals surface area contributed by atoms with Crippen molar-refractivity contribution in [1.29, 1.82) is 0 Å². The van der Waals surface area contributed by atoms with Crippen LogP contribution in [0.1, 0.15) is 35.5 Å². The van der Waals surface area contributed by atoms with Gasteiger partial charge in [-0.3, -0.25) is 9.89 Å². The second-order valence-corrected chi connectivity index (χ2v) is 9.28. The van der Waals surface area contributed by atoms with Crippen LogP contribution in [0.25, 0.3) is 11.4 Å². The average Bonchev–Trinajstić information content (AvgIpc) is 3.23. The molecule has 1 saturated heterocycles. The lowest BCUT2D eigenvalue weighted by atomic mass is 9.73. The number of aromatic nitrogens is 4. The molecule has 1 aliphatic carbocycles. The largest absolute Gasteiger partial charge is 0.369 e. The summed E-state index contributed by atoms with van der Waals surface area (Å²) < 4.78 is 0. The van der Waals surface area contributed by atoms with Gasteiger partial charge < -0.3 is 20.9 Å². The third-order valence-corrected chi connectivity index (χ3v) is 6.40. The lowest BCUT2D eigenvalue weighted by Gasteiger charge is -2.34. The van der Waals surface area contributed by atoms with Gasteiger partial charge in [0.2, 0.25) is 5.95 Å². The molecule has 1 aromatic carbocycles. The summed E-state index contributed by atoms with van der Waals surface area (Å²) in [6, 6.07) is 8.00. The van der Waals surface area contributed by atoms with Crippen LogP contribution in [0.15, 0.2) is 30.5 Å². The molecule has 4 N–H and O–H groups in total. The van der Waals surface area contributed by atoms with Crippen molar-refractivity contribution < 1.29 is 4.79 Å². The number of rotatable bonds is 3. The molecule has 5 rings (SSSR count). The number of carbonyl (C=O) groups is 1. The van der Waals surface area contributed by atoms with E-state index >= 15 is 0 Å². The molecule has 3 heterocycles. The number of piperazine rings is 1. The Labute approximate surface area is 187 Å². The van der Waals surface area contributed by atoms with Gasteiger partial charge in [0.05, 0.1) is 11.4 Å². The monoisotopic (exact) mass is 432 g/mol. The van der Waals surface area contributed by atoms with Crippen LogP contribution in [0.2, 0.25) is 0 Å². The molecule has 166 valence electrons. The number of nitrogen functional groups attached to an aromatic ring is 1. The summed E-state index contributed by atoms with van der Waals surface area (Å²) in [4.78, 5) is 26.4. The Kier molecular flexibility index (Phi) is 4.85. The van der Waals surface area contributed by atoms with Crippen molar-refractivity contribution in [3.05, 3.63) is 47.3 Å². The third kappa shape index (κ3) is 3.58. The van der Waals surface area contributed by atoms with Gasteiger partial charge in [-0.25, -0.2) is 9.97 Å². The summed E-state index contributed by atoms with van der Waals surface area (Å²) >= 11 is 0. The summed E-state index contributed by atoms with van der Waals surface area (Å²) in [5, 5.41) is 10.4. The van der Waals surface area contributed by atoms with Gasteiger partial charge in [0.1, 0.15) is 0 Å². The van der Waals surface area contributed by atoms with Crippen LogP contribution < -0.4 is 16.0 Å². The first-order valence-electron chi connectivity index (χ1n) is 10.9. The van der Waals surface area contributed by atoms with Gasteiger partial charge in [0.15, 0.2) is 5.69 Å².